The Bertz CT molecular complexity index is 1590. The van der Waals surface area contributed by atoms with Gasteiger partial charge in [0.1, 0.15) is 5.58 Å². The van der Waals surface area contributed by atoms with E-state index in [4.69, 9.17) is 4.42 Å². The maximum Gasteiger partial charge on any atom is 0.336 e. The quantitative estimate of drug-likeness (QED) is 0.454. The van der Waals surface area contributed by atoms with Gasteiger partial charge >= 0.3 is 11.3 Å². The first-order valence-electron chi connectivity index (χ1n) is 10.8. The molecule has 0 bridgehead atoms. The monoisotopic (exact) mass is 446 g/mol. The molecular weight excluding hydrogens is 424 g/mol. The molecule has 0 saturated heterocycles. The number of carbonyl (C=O) groups excluding carboxylic acids is 1. The molecule has 4 aromatic rings. The zero-order valence-electron chi connectivity index (χ0n) is 18.2. The highest BCUT2D eigenvalue weighted by Gasteiger charge is 2.29. The van der Waals surface area contributed by atoms with Gasteiger partial charge < -0.3 is 9.73 Å². The molecule has 1 aliphatic carbocycles. The third-order valence-electron chi connectivity index (χ3n) is 5.63. The number of rotatable bonds is 5. The number of aromatic amines is 1. The molecule has 168 valence electrons. The van der Waals surface area contributed by atoms with Crippen LogP contribution in [0.4, 0.5) is 5.69 Å². The van der Waals surface area contributed by atoms with Crippen LogP contribution in [0.1, 0.15) is 48.7 Å². The van der Waals surface area contributed by atoms with Gasteiger partial charge in [-0.2, -0.15) is 0 Å². The molecular formula is C24H22N4O5. The van der Waals surface area contributed by atoms with Crippen LogP contribution in [-0.4, -0.2) is 20.4 Å². The van der Waals surface area contributed by atoms with Crippen molar-refractivity contribution < 1.29 is 9.21 Å². The van der Waals surface area contributed by atoms with Gasteiger partial charge in [-0.25, -0.2) is 14.6 Å². The summed E-state index contributed by atoms with van der Waals surface area (Å²) in [5.41, 5.74) is 0.343. The predicted molar refractivity (Wildman–Crippen MR) is 124 cm³/mol. The molecule has 3 heterocycles. The van der Waals surface area contributed by atoms with Gasteiger partial charge in [0, 0.05) is 35.3 Å². The molecule has 1 fully saturated rings. The van der Waals surface area contributed by atoms with Crippen molar-refractivity contribution in [3.63, 3.8) is 0 Å². The van der Waals surface area contributed by atoms with Crippen LogP contribution in [0.25, 0.3) is 22.0 Å². The number of hydrogen-bond donors (Lipinski definition) is 2. The van der Waals surface area contributed by atoms with Crippen molar-refractivity contribution in [2.24, 2.45) is 5.92 Å². The summed E-state index contributed by atoms with van der Waals surface area (Å²) in [6, 6.07) is 9.46. The highest BCUT2D eigenvalue weighted by molar-refractivity contribution is 6.12. The predicted octanol–water partition coefficient (Wildman–Crippen LogP) is 2.98. The van der Waals surface area contributed by atoms with E-state index in [9.17, 15) is 19.2 Å². The normalized spacial score (nSPS) is 13.7. The van der Waals surface area contributed by atoms with E-state index in [0.29, 0.717) is 28.9 Å². The number of nitrogens with zero attached hydrogens (tertiary/aromatic N) is 2. The Morgan fingerprint density at radius 1 is 1.18 bits per heavy atom. The summed E-state index contributed by atoms with van der Waals surface area (Å²) in [4.78, 5) is 57.0. The zero-order chi connectivity index (χ0) is 23.3. The van der Waals surface area contributed by atoms with Gasteiger partial charge in [0.2, 0.25) is 0 Å². The molecule has 3 aromatic heterocycles. The summed E-state index contributed by atoms with van der Waals surface area (Å²) in [6.45, 7) is 4.29. The average Bonchev–Trinajstić information content (AvgIpc) is 3.61. The average molecular weight is 446 g/mol. The van der Waals surface area contributed by atoms with E-state index in [0.717, 1.165) is 12.8 Å². The molecule has 1 amide bonds. The maximum absolute atomic E-state index is 13.3. The Labute approximate surface area is 187 Å². The molecule has 2 N–H and O–H groups in total. The number of benzene rings is 1. The minimum Gasteiger partial charge on any atom is -0.423 e. The summed E-state index contributed by atoms with van der Waals surface area (Å²) in [6.07, 6.45) is 1.90. The molecule has 0 aliphatic heterocycles. The number of fused-ring (bicyclic) bond motifs is 2. The Morgan fingerprint density at radius 2 is 1.97 bits per heavy atom. The first-order chi connectivity index (χ1) is 15.8. The lowest BCUT2D eigenvalue weighted by atomic mass is 10.1. The van der Waals surface area contributed by atoms with E-state index in [1.54, 1.807) is 30.3 Å². The fourth-order valence-corrected chi connectivity index (χ4v) is 3.94. The van der Waals surface area contributed by atoms with E-state index in [-0.39, 0.29) is 28.4 Å². The van der Waals surface area contributed by atoms with Gasteiger partial charge in [-0.15, -0.1) is 0 Å². The van der Waals surface area contributed by atoms with Crippen LogP contribution < -0.4 is 22.2 Å². The van der Waals surface area contributed by atoms with Crippen molar-refractivity contribution in [2.75, 3.05) is 5.32 Å². The van der Waals surface area contributed by atoms with Crippen molar-refractivity contribution in [3.05, 3.63) is 78.9 Å². The van der Waals surface area contributed by atoms with E-state index in [1.807, 2.05) is 13.8 Å². The molecule has 0 atom stereocenters. The van der Waals surface area contributed by atoms with Gasteiger partial charge in [-0.1, -0.05) is 13.8 Å². The molecule has 1 saturated carbocycles. The molecule has 5 rings (SSSR count). The number of pyridine rings is 1. The van der Waals surface area contributed by atoms with Crippen molar-refractivity contribution in [1.82, 2.24) is 14.5 Å². The summed E-state index contributed by atoms with van der Waals surface area (Å²) in [7, 11) is 0. The van der Waals surface area contributed by atoms with E-state index in [1.165, 1.54) is 10.6 Å². The van der Waals surface area contributed by atoms with Gasteiger partial charge in [-0.3, -0.25) is 19.1 Å². The molecule has 33 heavy (non-hydrogen) atoms. The first kappa shape index (κ1) is 20.9. The molecule has 1 aliphatic rings. The fourth-order valence-electron chi connectivity index (χ4n) is 3.94. The van der Waals surface area contributed by atoms with Crippen LogP contribution in [0, 0.1) is 5.92 Å². The number of aromatic nitrogens is 3. The third kappa shape index (κ3) is 3.97. The number of hydrogen-bond acceptors (Lipinski definition) is 6. The first-order valence-corrected chi connectivity index (χ1v) is 10.8. The Hall–Kier alpha value is -4.01. The van der Waals surface area contributed by atoms with Crippen LogP contribution in [0.5, 0.6) is 0 Å². The third-order valence-corrected chi connectivity index (χ3v) is 5.63. The molecule has 9 heteroatoms. The lowest BCUT2D eigenvalue weighted by Gasteiger charge is -2.15. The van der Waals surface area contributed by atoms with Crippen LogP contribution in [0.3, 0.4) is 0 Å². The van der Waals surface area contributed by atoms with Gasteiger partial charge in [0.25, 0.3) is 11.5 Å². The van der Waals surface area contributed by atoms with Crippen molar-refractivity contribution in [1.29, 1.82) is 0 Å². The maximum atomic E-state index is 13.3. The molecule has 9 nitrogen and oxygen atoms in total. The topological polar surface area (TPSA) is 127 Å². The van der Waals surface area contributed by atoms with E-state index < -0.39 is 22.8 Å². The summed E-state index contributed by atoms with van der Waals surface area (Å²) in [5.74, 6) is -0.134. The highest BCUT2D eigenvalue weighted by Crippen LogP contribution is 2.40. The van der Waals surface area contributed by atoms with E-state index in [2.05, 4.69) is 15.3 Å². The summed E-state index contributed by atoms with van der Waals surface area (Å²) in [5, 5.41) is 3.55. The summed E-state index contributed by atoms with van der Waals surface area (Å²) >= 11 is 0. The van der Waals surface area contributed by atoms with E-state index >= 15 is 0 Å². The summed E-state index contributed by atoms with van der Waals surface area (Å²) < 4.78 is 6.56. The lowest BCUT2D eigenvalue weighted by molar-refractivity contribution is 0.102. The van der Waals surface area contributed by atoms with Crippen molar-refractivity contribution in [3.8, 4) is 0 Å². The number of nitrogens with one attached hydrogen (secondary N) is 2. The SMILES string of the molecule is CC(C)Cn1c(=O)[nH]c(=O)c2c(C(=O)Nc3ccc4oc(=O)ccc4c3)cc(C3CC3)nc21. The Morgan fingerprint density at radius 3 is 2.70 bits per heavy atom. The Balaban J connectivity index is 1.64. The number of carbonyl (C=O) groups is 1. The van der Waals surface area contributed by atoms with Gasteiger partial charge in [0.15, 0.2) is 5.65 Å². The van der Waals surface area contributed by atoms with Crippen LogP contribution >= 0.6 is 0 Å². The minimum absolute atomic E-state index is 0.0870. The fraction of sp³-hybridized carbons (Fsp3) is 0.292. The molecule has 1 aromatic carbocycles. The number of amides is 1. The number of H-pyrrole nitrogens is 1. The largest absolute Gasteiger partial charge is 0.423 e. The van der Waals surface area contributed by atoms with Crippen LogP contribution in [0.2, 0.25) is 0 Å². The smallest absolute Gasteiger partial charge is 0.336 e. The van der Waals surface area contributed by atoms with Crippen molar-refractivity contribution in [2.45, 2.75) is 39.2 Å². The van der Waals surface area contributed by atoms with Gasteiger partial charge in [-0.05, 0) is 49.1 Å². The van der Waals surface area contributed by atoms with Crippen molar-refractivity contribution >= 4 is 33.6 Å². The Kier molecular flexibility index (Phi) is 4.96. The van der Waals surface area contributed by atoms with Gasteiger partial charge in [0.05, 0.1) is 10.9 Å². The minimum atomic E-state index is -0.643. The zero-order valence-corrected chi connectivity index (χ0v) is 18.2. The number of anilines is 1. The highest BCUT2D eigenvalue weighted by atomic mass is 16.4. The molecule has 0 radical (unpaired) electrons. The second-order valence-corrected chi connectivity index (χ2v) is 8.79. The molecule has 0 spiro atoms. The second kappa shape index (κ2) is 7.84. The van der Waals surface area contributed by atoms with Crippen LogP contribution in [-0.2, 0) is 6.54 Å². The van der Waals surface area contributed by atoms with Crippen LogP contribution in [0.15, 0.2) is 55.2 Å². The molecule has 0 unspecified atom stereocenters. The lowest BCUT2D eigenvalue weighted by Crippen LogP contribution is -2.33. The second-order valence-electron chi connectivity index (χ2n) is 8.79. The standard InChI is InChI=1S/C24H22N4O5/c1-12(2)11-28-21-20(23(31)27-24(28)32)16(10-17(26-21)13-3-4-13)22(30)25-15-6-7-18-14(9-15)5-8-19(29)33-18/h5-10,12-13H,3-4,11H2,1-2H3,(H,25,30)(H,27,31,32).